The van der Waals surface area contributed by atoms with Crippen LogP contribution >= 0.6 is 11.6 Å². The van der Waals surface area contributed by atoms with Gasteiger partial charge in [0, 0.05) is 12.1 Å². The molecule has 0 aromatic heterocycles. The molecule has 32 heavy (non-hydrogen) atoms. The molecule has 3 amide bonds. The Balaban J connectivity index is 1.48. The summed E-state index contributed by atoms with van der Waals surface area (Å²) in [6.45, 7) is 0.113. The van der Waals surface area contributed by atoms with Gasteiger partial charge in [-0.3, -0.25) is 19.2 Å². The number of primary amides is 1. The standard InChI is InChI=1S/C22H24ClN3O6/c23-12-8-26(17-14(27)9-31-18(12)17)22(30)16(10-3-1-2-4-10)19-21(29)25-13-6-5-11(20(24)28)7-15(13)32-19/h5-7,10,12,16-19H,1-4,8-9H2,(H2,24,28)(H,25,29)/t12-,16-,17+,18+,19?/m0/s1. The third kappa shape index (κ3) is 3.44. The Morgan fingerprint density at radius 3 is 2.69 bits per heavy atom. The summed E-state index contributed by atoms with van der Waals surface area (Å²) in [7, 11) is 0. The number of ether oxygens (including phenoxy) is 2. The topological polar surface area (TPSA) is 128 Å². The molecule has 1 unspecified atom stereocenters. The first-order valence-corrected chi connectivity index (χ1v) is 11.3. The lowest BCUT2D eigenvalue weighted by molar-refractivity contribution is -0.148. The molecule has 3 heterocycles. The Hall–Kier alpha value is -2.65. The summed E-state index contributed by atoms with van der Waals surface area (Å²) < 4.78 is 11.5. The molecule has 5 rings (SSSR count). The maximum Gasteiger partial charge on any atom is 0.266 e. The van der Waals surface area contributed by atoms with Crippen molar-refractivity contribution in [1.82, 2.24) is 4.90 Å². The van der Waals surface area contributed by atoms with Crippen molar-refractivity contribution in [2.24, 2.45) is 17.6 Å². The highest BCUT2D eigenvalue weighted by Crippen LogP contribution is 2.41. The first kappa shape index (κ1) is 21.2. The molecule has 1 aliphatic carbocycles. The average Bonchev–Trinajstić information content (AvgIpc) is 3.48. The monoisotopic (exact) mass is 461 g/mol. The van der Waals surface area contributed by atoms with Gasteiger partial charge in [-0.25, -0.2) is 0 Å². The summed E-state index contributed by atoms with van der Waals surface area (Å²) in [6, 6.07) is 3.79. The number of anilines is 1. The van der Waals surface area contributed by atoms with Gasteiger partial charge in [0.15, 0.2) is 11.9 Å². The summed E-state index contributed by atoms with van der Waals surface area (Å²) in [6.07, 6.45) is 1.86. The molecule has 0 bridgehead atoms. The SMILES string of the molecule is NC(=O)c1ccc2c(c1)OC([C@@H](C(=O)N1C[C@H](Cl)[C@H]3OCC(=O)[C@H]31)C1CCCC1)C(=O)N2. The van der Waals surface area contributed by atoms with Crippen LogP contribution in [0, 0.1) is 11.8 Å². The predicted octanol–water partition coefficient (Wildman–Crippen LogP) is 1.08. The number of Topliss-reactive ketones (excluding diaryl/α,β-unsaturated/α-hetero) is 1. The van der Waals surface area contributed by atoms with Crippen molar-refractivity contribution in [3.63, 3.8) is 0 Å². The van der Waals surface area contributed by atoms with E-state index in [2.05, 4.69) is 5.32 Å². The van der Waals surface area contributed by atoms with Crippen molar-refractivity contribution in [3.05, 3.63) is 23.8 Å². The minimum Gasteiger partial charge on any atom is -0.478 e. The van der Waals surface area contributed by atoms with Gasteiger partial charge >= 0.3 is 0 Å². The number of benzene rings is 1. The van der Waals surface area contributed by atoms with E-state index < -0.39 is 41.4 Å². The molecule has 10 heteroatoms. The molecule has 3 aliphatic heterocycles. The highest BCUT2D eigenvalue weighted by atomic mass is 35.5. The van der Waals surface area contributed by atoms with E-state index >= 15 is 0 Å². The van der Waals surface area contributed by atoms with Gasteiger partial charge in [0.2, 0.25) is 11.8 Å². The fourth-order valence-corrected chi connectivity index (χ4v) is 5.78. The number of nitrogens with two attached hydrogens (primary N) is 1. The van der Waals surface area contributed by atoms with E-state index in [-0.39, 0.29) is 42.1 Å². The molecular formula is C22H24ClN3O6. The molecule has 170 valence electrons. The summed E-state index contributed by atoms with van der Waals surface area (Å²) in [5, 5.41) is 2.30. The Labute approximate surface area is 189 Å². The molecular weight excluding hydrogens is 438 g/mol. The molecule has 9 nitrogen and oxygen atoms in total. The lowest BCUT2D eigenvalue weighted by Gasteiger charge is -2.36. The first-order valence-electron chi connectivity index (χ1n) is 10.9. The fourth-order valence-electron chi connectivity index (χ4n) is 5.42. The second-order valence-electron chi connectivity index (χ2n) is 8.87. The highest BCUT2D eigenvalue weighted by molar-refractivity contribution is 6.22. The van der Waals surface area contributed by atoms with E-state index in [1.165, 1.54) is 17.0 Å². The number of likely N-dealkylation sites (tertiary alicyclic amines) is 1. The summed E-state index contributed by atoms with van der Waals surface area (Å²) in [5.74, 6) is -2.10. The van der Waals surface area contributed by atoms with Crippen LogP contribution in [0.2, 0.25) is 0 Å². The third-order valence-corrected chi connectivity index (χ3v) is 7.35. The van der Waals surface area contributed by atoms with Gasteiger partial charge < -0.3 is 25.4 Å². The zero-order valence-corrected chi connectivity index (χ0v) is 18.0. The van der Waals surface area contributed by atoms with Crippen molar-refractivity contribution < 1.29 is 28.7 Å². The number of hydrogen-bond donors (Lipinski definition) is 2. The Morgan fingerprint density at radius 1 is 1.22 bits per heavy atom. The number of amides is 3. The number of rotatable bonds is 4. The van der Waals surface area contributed by atoms with Gasteiger partial charge in [0.05, 0.1) is 17.0 Å². The molecule has 3 fully saturated rings. The Morgan fingerprint density at radius 2 is 1.97 bits per heavy atom. The summed E-state index contributed by atoms with van der Waals surface area (Å²) >= 11 is 6.38. The number of hydrogen-bond acceptors (Lipinski definition) is 6. The van der Waals surface area contributed by atoms with Gasteiger partial charge in [-0.1, -0.05) is 12.8 Å². The molecule has 0 radical (unpaired) electrons. The van der Waals surface area contributed by atoms with E-state index in [0.29, 0.717) is 5.69 Å². The number of carbonyl (C=O) groups excluding carboxylic acids is 4. The molecule has 1 saturated carbocycles. The Kier molecular flexibility index (Phi) is 5.33. The largest absolute Gasteiger partial charge is 0.478 e. The fraction of sp³-hybridized carbons (Fsp3) is 0.545. The zero-order valence-electron chi connectivity index (χ0n) is 17.3. The predicted molar refractivity (Wildman–Crippen MR) is 113 cm³/mol. The number of fused-ring (bicyclic) bond motifs is 2. The summed E-state index contributed by atoms with van der Waals surface area (Å²) in [4.78, 5) is 52.4. The van der Waals surface area contributed by atoms with E-state index in [1.54, 1.807) is 6.07 Å². The molecule has 1 aromatic rings. The zero-order chi connectivity index (χ0) is 22.6. The van der Waals surface area contributed by atoms with Gasteiger partial charge in [-0.05, 0) is 37.0 Å². The van der Waals surface area contributed by atoms with Crippen molar-refractivity contribution in [2.75, 3.05) is 18.5 Å². The van der Waals surface area contributed by atoms with Crippen LogP contribution in [0.4, 0.5) is 5.69 Å². The van der Waals surface area contributed by atoms with Gasteiger partial charge in [0.25, 0.3) is 5.91 Å². The number of halogens is 1. The van der Waals surface area contributed by atoms with Crippen molar-refractivity contribution in [3.8, 4) is 5.75 Å². The minimum absolute atomic E-state index is 0.0654. The lowest BCUT2D eigenvalue weighted by atomic mass is 9.83. The second kappa shape index (κ2) is 8.04. The molecule has 1 aromatic carbocycles. The molecule has 0 spiro atoms. The number of alkyl halides is 1. The molecule has 4 aliphatic rings. The van der Waals surface area contributed by atoms with Crippen molar-refractivity contribution in [1.29, 1.82) is 0 Å². The average molecular weight is 462 g/mol. The van der Waals surface area contributed by atoms with Crippen LogP contribution in [0.5, 0.6) is 5.75 Å². The van der Waals surface area contributed by atoms with Crippen LogP contribution in [0.1, 0.15) is 36.0 Å². The van der Waals surface area contributed by atoms with Gasteiger partial charge in [-0.2, -0.15) is 0 Å². The first-order chi connectivity index (χ1) is 15.3. The van der Waals surface area contributed by atoms with E-state index in [9.17, 15) is 19.2 Å². The quantitative estimate of drug-likeness (QED) is 0.646. The highest BCUT2D eigenvalue weighted by Gasteiger charge is 2.55. The van der Waals surface area contributed by atoms with Gasteiger partial charge in [0.1, 0.15) is 24.5 Å². The Bertz CT molecular complexity index is 994. The molecule has 3 N–H and O–H groups in total. The van der Waals surface area contributed by atoms with Crippen LogP contribution in [-0.2, 0) is 19.1 Å². The van der Waals surface area contributed by atoms with Crippen molar-refractivity contribution in [2.45, 2.75) is 49.3 Å². The maximum atomic E-state index is 13.8. The number of nitrogens with one attached hydrogen (secondary N) is 1. The van der Waals surface area contributed by atoms with Crippen LogP contribution in [-0.4, -0.2) is 65.2 Å². The van der Waals surface area contributed by atoms with Gasteiger partial charge in [-0.15, -0.1) is 11.6 Å². The maximum absolute atomic E-state index is 13.8. The smallest absolute Gasteiger partial charge is 0.266 e. The molecule has 5 atom stereocenters. The van der Waals surface area contributed by atoms with Crippen LogP contribution in [0.15, 0.2) is 18.2 Å². The van der Waals surface area contributed by atoms with Crippen molar-refractivity contribution >= 4 is 40.8 Å². The van der Waals surface area contributed by atoms with E-state index in [1.807, 2.05) is 0 Å². The van der Waals surface area contributed by atoms with E-state index in [0.717, 1.165) is 25.7 Å². The lowest BCUT2D eigenvalue weighted by Crippen LogP contribution is -2.54. The summed E-state index contributed by atoms with van der Waals surface area (Å²) in [5.41, 5.74) is 6.03. The second-order valence-corrected chi connectivity index (χ2v) is 9.43. The number of ketones is 1. The van der Waals surface area contributed by atoms with Crippen LogP contribution in [0.3, 0.4) is 0 Å². The van der Waals surface area contributed by atoms with Crippen LogP contribution < -0.4 is 15.8 Å². The third-order valence-electron chi connectivity index (χ3n) is 6.96. The number of carbonyl (C=O) groups is 4. The minimum atomic E-state index is -1.09. The molecule has 2 saturated heterocycles. The van der Waals surface area contributed by atoms with E-state index in [4.69, 9.17) is 26.8 Å². The normalized spacial score (nSPS) is 30.5. The number of nitrogens with zero attached hydrogens (tertiary/aromatic N) is 1. The van der Waals surface area contributed by atoms with Crippen LogP contribution in [0.25, 0.3) is 0 Å².